The van der Waals surface area contributed by atoms with Crippen LogP contribution >= 0.6 is 0 Å². The smallest absolute Gasteiger partial charge is 0.339 e. The van der Waals surface area contributed by atoms with Crippen molar-refractivity contribution in [2.75, 3.05) is 6.61 Å². The van der Waals surface area contributed by atoms with E-state index in [1.54, 1.807) is 6.07 Å². The highest BCUT2D eigenvalue weighted by molar-refractivity contribution is 6.00. The number of rotatable bonds is 5. The predicted molar refractivity (Wildman–Crippen MR) is 72.7 cm³/mol. The minimum absolute atomic E-state index is 0.0881. The molecule has 0 aromatic heterocycles. The van der Waals surface area contributed by atoms with Gasteiger partial charge in [-0.3, -0.25) is 0 Å². The first-order valence-electron chi connectivity index (χ1n) is 6.19. The summed E-state index contributed by atoms with van der Waals surface area (Å²) in [7, 11) is 0. The Morgan fingerprint density at radius 1 is 1.26 bits per heavy atom. The second-order valence-electron chi connectivity index (χ2n) is 4.34. The Morgan fingerprint density at radius 3 is 2.68 bits per heavy atom. The Hall–Kier alpha value is -2.07. The molecule has 2 aromatic rings. The van der Waals surface area contributed by atoms with Crippen LogP contribution in [0.5, 0.6) is 5.75 Å². The van der Waals surface area contributed by atoms with Gasteiger partial charge in [0.1, 0.15) is 17.9 Å². The summed E-state index contributed by atoms with van der Waals surface area (Å²) in [5.41, 5.74) is 0.113. The first kappa shape index (κ1) is 13.4. The van der Waals surface area contributed by atoms with E-state index in [0.717, 1.165) is 10.8 Å². The van der Waals surface area contributed by atoms with Gasteiger partial charge < -0.3 is 14.9 Å². The summed E-state index contributed by atoms with van der Waals surface area (Å²) in [6.07, 6.45) is -0.0340. The average molecular weight is 260 g/mol. The Labute approximate surface area is 111 Å². The fraction of sp³-hybridized carbons (Fsp3) is 0.267. The van der Waals surface area contributed by atoms with Gasteiger partial charge in [-0.25, -0.2) is 4.79 Å². The zero-order valence-corrected chi connectivity index (χ0v) is 10.7. The van der Waals surface area contributed by atoms with Gasteiger partial charge >= 0.3 is 5.97 Å². The number of carbonyl (C=O) groups is 1. The van der Waals surface area contributed by atoms with Crippen LogP contribution in [0.25, 0.3) is 10.8 Å². The minimum atomic E-state index is -1.04. The van der Waals surface area contributed by atoms with Crippen LogP contribution in [0, 0.1) is 0 Å². The summed E-state index contributed by atoms with van der Waals surface area (Å²) in [4.78, 5) is 11.2. The van der Waals surface area contributed by atoms with Crippen molar-refractivity contribution in [2.24, 2.45) is 0 Å². The minimum Gasteiger partial charge on any atom is -0.489 e. The van der Waals surface area contributed by atoms with Crippen LogP contribution in [0.15, 0.2) is 36.4 Å². The molecule has 0 aliphatic heterocycles. The van der Waals surface area contributed by atoms with Gasteiger partial charge in [-0.15, -0.1) is 0 Å². The zero-order valence-electron chi connectivity index (χ0n) is 10.7. The number of aromatic carboxylic acids is 1. The Morgan fingerprint density at radius 2 is 2.00 bits per heavy atom. The fourth-order valence-corrected chi connectivity index (χ4v) is 1.86. The number of aliphatic hydroxyl groups is 1. The quantitative estimate of drug-likeness (QED) is 0.867. The number of carboxylic acids is 1. The largest absolute Gasteiger partial charge is 0.489 e. The molecule has 0 radical (unpaired) electrons. The molecule has 1 unspecified atom stereocenters. The molecule has 0 saturated carbocycles. The van der Waals surface area contributed by atoms with Crippen molar-refractivity contribution in [1.82, 2.24) is 0 Å². The number of benzene rings is 2. The molecule has 2 N–H and O–H groups in total. The van der Waals surface area contributed by atoms with Gasteiger partial charge in [0.05, 0.1) is 6.10 Å². The SMILES string of the molecule is CCC(O)COc1c(C(=O)O)ccc2ccccc12. The molecule has 0 amide bonds. The molecule has 2 rings (SSSR count). The fourth-order valence-electron chi connectivity index (χ4n) is 1.86. The Bertz CT molecular complexity index is 592. The van der Waals surface area contributed by atoms with Gasteiger partial charge in [0, 0.05) is 5.39 Å². The van der Waals surface area contributed by atoms with Crippen molar-refractivity contribution < 1.29 is 19.7 Å². The van der Waals surface area contributed by atoms with Gasteiger partial charge in [-0.2, -0.15) is 0 Å². The molecule has 0 saturated heterocycles. The molecule has 0 aliphatic carbocycles. The highest BCUT2D eigenvalue weighted by Gasteiger charge is 2.15. The van der Waals surface area contributed by atoms with Crippen molar-refractivity contribution in [2.45, 2.75) is 19.4 Å². The second-order valence-corrected chi connectivity index (χ2v) is 4.34. The maximum atomic E-state index is 11.2. The van der Waals surface area contributed by atoms with Crippen LogP contribution in [0.4, 0.5) is 0 Å². The van der Waals surface area contributed by atoms with Gasteiger partial charge in [0.25, 0.3) is 0 Å². The summed E-state index contributed by atoms with van der Waals surface area (Å²) in [6, 6.07) is 10.7. The lowest BCUT2D eigenvalue weighted by atomic mass is 10.1. The zero-order chi connectivity index (χ0) is 13.8. The van der Waals surface area contributed by atoms with Crippen LogP contribution in [-0.2, 0) is 0 Å². The first-order valence-corrected chi connectivity index (χ1v) is 6.19. The summed E-state index contributed by atoms with van der Waals surface area (Å²) >= 11 is 0. The lowest BCUT2D eigenvalue weighted by molar-refractivity contribution is 0.0683. The van der Waals surface area contributed by atoms with E-state index in [0.29, 0.717) is 12.2 Å². The molecular formula is C15H16O4. The van der Waals surface area contributed by atoms with E-state index in [-0.39, 0.29) is 12.2 Å². The molecule has 0 heterocycles. The van der Waals surface area contributed by atoms with E-state index in [9.17, 15) is 15.0 Å². The lowest BCUT2D eigenvalue weighted by Gasteiger charge is -2.14. The Balaban J connectivity index is 2.46. The van der Waals surface area contributed by atoms with Crippen LogP contribution in [0.2, 0.25) is 0 Å². The number of fused-ring (bicyclic) bond motifs is 1. The average Bonchev–Trinajstić information content (AvgIpc) is 2.43. The van der Waals surface area contributed by atoms with E-state index in [4.69, 9.17) is 4.74 Å². The van der Waals surface area contributed by atoms with E-state index in [2.05, 4.69) is 0 Å². The van der Waals surface area contributed by atoms with Crippen LogP contribution in [0.1, 0.15) is 23.7 Å². The standard InChI is InChI=1S/C15H16O4/c1-2-11(16)9-19-14-12-6-4-3-5-10(12)7-8-13(14)15(17)18/h3-8,11,16H,2,9H2,1H3,(H,17,18). The molecule has 19 heavy (non-hydrogen) atoms. The molecule has 100 valence electrons. The number of ether oxygens (including phenoxy) is 1. The van der Waals surface area contributed by atoms with Gasteiger partial charge in [-0.05, 0) is 17.9 Å². The lowest BCUT2D eigenvalue weighted by Crippen LogP contribution is -2.17. The number of aliphatic hydroxyl groups excluding tert-OH is 1. The topological polar surface area (TPSA) is 66.8 Å². The van der Waals surface area contributed by atoms with E-state index >= 15 is 0 Å². The molecule has 0 spiro atoms. The molecule has 4 heteroatoms. The van der Waals surface area contributed by atoms with Crippen LogP contribution < -0.4 is 4.74 Å². The van der Waals surface area contributed by atoms with Crippen molar-refractivity contribution in [1.29, 1.82) is 0 Å². The van der Waals surface area contributed by atoms with Crippen LogP contribution in [0.3, 0.4) is 0 Å². The predicted octanol–water partition coefficient (Wildman–Crippen LogP) is 2.69. The summed E-state index contributed by atoms with van der Waals surface area (Å²) in [6.45, 7) is 1.93. The summed E-state index contributed by atoms with van der Waals surface area (Å²) in [5, 5.41) is 20.4. The molecular weight excluding hydrogens is 244 g/mol. The van der Waals surface area contributed by atoms with Crippen molar-refractivity contribution >= 4 is 16.7 Å². The van der Waals surface area contributed by atoms with E-state index in [1.807, 2.05) is 31.2 Å². The third-order valence-corrected chi connectivity index (χ3v) is 3.00. The molecule has 0 bridgehead atoms. The second kappa shape index (κ2) is 5.71. The number of carboxylic acid groups (broad SMARTS) is 1. The van der Waals surface area contributed by atoms with Gasteiger partial charge in [0.2, 0.25) is 0 Å². The third kappa shape index (κ3) is 2.85. The van der Waals surface area contributed by atoms with E-state index in [1.165, 1.54) is 6.07 Å². The van der Waals surface area contributed by atoms with Crippen molar-refractivity contribution in [3.05, 3.63) is 42.0 Å². The van der Waals surface area contributed by atoms with Gasteiger partial charge in [0.15, 0.2) is 0 Å². The highest BCUT2D eigenvalue weighted by atomic mass is 16.5. The molecule has 0 aliphatic rings. The summed E-state index contributed by atoms with van der Waals surface area (Å²) in [5.74, 6) is -0.718. The normalized spacial score (nSPS) is 12.3. The van der Waals surface area contributed by atoms with Crippen LogP contribution in [-0.4, -0.2) is 28.9 Å². The maximum Gasteiger partial charge on any atom is 0.339 e. The summed E-state index contributed by atoms with van der Waals surface area (Å²) < 4.78 is 5.53. The van der Waals surface area contributed by atoms with E-state index < -0.39 is 12.1 Å². The molecule has 0 fully saturated rings. The third-order valence-electron chi connectivity index (χ3n) is 3.00. The number of hydrogen-bond acceptors (Lipinski definition) is 3. The van der Waals surface area contributed by atoms with Crippen molar-refractivity contribution in [3.8, 4) is 5.75 Å². The number of hydrogen-bond donors (Lipinski definition) is 2. The molecule has 1 atom stereocenters. The molecule has 2 aromatic carbocycles. The Kier molecular flexibility index (Phi) is 4.02. The monoisotopic (exact) mass is 260 g/mol. The van der Waals surface area contributed by atoms with Gasteiger partial charge in [-0.1, -0.05) is 37.3 Å². The van der Waals surface area contributed by atoms with Crippen molar-refractivity contribution in [3.63, 3.8) is 0 Å². The highest BCUT2D eigenvalue weighted by Crippen LogP contribution is 2.30. The maximum absolute atomic E-state index is 11.2. The molecule has 4 nitrogen and oxygen atoms in total. The first-order chi connectivity index (χ1) is 9.13.